The number of hydrogen-bond donors (Lipinski definition) is 2. The second kappa shape index (κ2) is 6.75. The van der Waals surface area contributed by atoms with E-state index in [1.807, 2.05) is 7.05 Å². The number of hydrogen-bond acceptors (Lipinski definition) is 2. The Hall–Kier alpha value is -1.81. The molecular weight excluding hydrogens is 288 g/mol. The summed E-state index contributed by atoms with van der Waals surface area (Å²) in [6, 6.07) is 5.79. The van der Waals surface area contributed by atoms with Crippen LogP contribution in [0, 0.1) is 12.3 Å². The first-order valence-electron chi connectivity index (χ1n) is 8.19. The number of carbonyl (C=O) groups is 1. The minimum Gasteiger partial charge on any atom is -0.480 e. The maximum Gasteiger partial charge on any atom is 0.320 e. The molecule has 1 aromatic carbocycles. The first-order valence-corrected chi connectivity index (χ1v) is 8.19. The minimum atomic E-state index is -0.773. The Bertz CT molecular complexity index is 695. The number of aromatic nitrogens is 1. The van der Waals surface area contributed by atoms with Gasteiger partial charge in [-0.15, -0.1) is 0 Å². The maximum absolute atomic E-state index is 11.5. The Morgan fingerprint density at radius 1 is 1.30 bits per heavy atom. The zero-order chi connectivity index (χ0) is 17.2. The van der Waals surface area contributed by atoms with Crippen molar-refractivity contribution in [3.8, 4) is 0 Å². The van der Waals surface area contributed by atoms with Gasteiger partial charge in [0, 0.05) is 25.2 Å². The molecule has 0 fully saturated rings. The van der Waals surface area contributed by atoms with Crippen molar-refractivity contribution < 1.29 is 9.90 Å². The van der Waals surface area contributed by atoms with Crippen molar-refractivity contribution in [3.63, 3.8) is 0 Å². The smallest absolute Gasteiger partial charge is 0.320 e. The van der Waals surface area contributed by atoms with Gasteiger partial charge in [0.25, 0.3) is 0 Å². The second-order valence-corrected chi connectivity index (χ2v) is 7.60. The molecule has 23 heavy (non-hydrogen) atoms. The number of carboxylic acid groups (broad SMARTS) is 1. The van der Waals surface area contributed by atoms with Crippen LogP contribution in [0.5, 0.6) is 0 Å². The van der Waals surface area contributed by atoms with E-state index in [-0.39, 0.29) is 5.41 Å². The summed E-state index contributed by atoms with van der Waals surface area (Å²) >= 11 is 0. The van der Waals surface area contributed by atoms with Crippen molar-refractivity contribution in [3.05, 3.63) is 35.5 Å². The summed E-state index contributed by atoms with van der Waals surface area (Å²) in [4.78, 5) is 11.5. The van der Waals surface area contributed by atoms with Crippen molar-refractivity contribution >= 4 is 16.9 Å². The van der Waals surface area contributed by atoms with Gasteiger partial charge in [-0.2, -0.15) is 0 Å². The highest BCUT2D eigenvalue weighted by atomic mass is 16.4. The van der Waals surface area contributed by atoms with E-state index in [0.29, 0.717) is 13.0 Å². The largest absolute Gasteiger partial charge is 0.480 e. The molecule has 0 aliphatic carbocycles. The van der Waals surface area contributed by atoms with Crippen LogP contribution in [0.4, 0.5) is 0 Å². The van der Waals surface area contributed by atoms with Crippen LogP contribution in [0.15, 0.2) is 24.4 Å². The lowest BCUT2D eigenvalue weighted by Gasteiger charge is -2.22. The molecule has 2 N–H and O–H groups in total. The normalized spacial score (nSPS) is 13.4. The number of aliphatic carboxylic acids is 1. The van der Waals surface area contributed by atoms with E-state index in [9.17, 15) is 9.90 Å². The van der Waals surface area contributed by atoms with E-state index in [1.165, 1.54) is 16.5 Å². The fraction of sp³-hybridized carbons (Fsp3) is 0.526. The summed E-state index contributed by atoms with van der Waals surface area (Å²) in [6.45, 7) is 9.09. The number of nitrogens with one attached hydrogen (secondary N) is 1. The van der Waals surface area contributed by atoms with Crippen molar-refractivity contribution in [2.24, 2.45) is 12.5 Å². The van der Waals surface area contributed by atoms with Crippen LogP contribution in [0.1, 0.15) is 44.7 Å². The number of rotatable bonds is 6. The molecule has 1 atom stereocenters. The van der Waals surface area contributed by atoms with Gasteiger partial charge in [0.05, 0.1) is 5.52 Å². The molecule has 0 aliphatic heterocycles. The van der Waals surface area contributed by atoms with Crippen LogP contribution in [0.3, 0.4) is 0 Å². The van der Waals surface area contributed by atoms with Gasteiger partial charge in [-0.3, -0.25) is 4.79 Å². The third-order valence-corrected chi connectivity index (χ3v) is 4.35. The minimum absolute atomic E-state index is 0.145. The van der Waals surface area contributed by atoms with Gasteiger partial charge in [0.1, 0.15) is 6.04 Å². The molecule has 4 nitrogen and oxygen atoms in total. The summed E-state index contributed by atoms with van der Waals surface area (Å²) in [5, 5.41) is 13.9. The third kappa shape index (κ3) is 4.35. The number of carboxylic acids is 1. The molecule has 126 valence electrons. The summed E-state index contributed by atoms with van der Waals surface area (Å²) in [5.41, 5.74) is 3.74. The first-order chi connectivity index (χ1) is 10.7. The molecule has 0 spiro atoms. The average Bonchev–Trinajstić information content (AvgIpc) is 2.82. The molecule has 2 aromatic rings. The third-order valence-electron chi connectivity index (χ3n) is 4.35. The summed E-state index contributed by atoms with van der Waals surface area (Å²) in [6.07, 6.45) is 3.57. The lowest BCUT2D eigenvalue weighted by atomic mass is 9.88. The fourth-order valence-corrected chi connectivity index (χ4v) is 2.95. The van der Waals surface area contributed by atoms with Crippen molar-refractivity contribution in [1.82, 2.24) is 9.88 Å². The Balaban J connectivity index is 2.12. The van der Waals surface area contributed by atoms with E-state index in [0.717, 1.165) is 12.0 Å². The Kier molecular flexibility index (Phi) is 5.15. The van der Waals surface area contributed by atoms with E-state index >= 15 is 0 Å². The molecule has 0 bridgehead atoms. The molecule has 0 saturated heterocycles. The zero-order valence-electron chi connectivity index (χ0n) is 14.8. The summed E-state index contributed by atoms with van der Waals surface area (Å²) in [5.74, 6) is -0.773. The van der Waals surface area contributed by atoms with Crippen molar-refractivity contribution in [2.75, 3.05) is 0 Å². The SMILES string of the molecule is Cc1ccc(CN[C@@H](CCC(C)(C)C)C(=O)O)c2ccn(C)c12. The fourth-order valence-electron chi connectivity index (χ4n) is 2.95. The van der Waals surface area contributed by atoms with Gasteiger partial charge in [-0.05, 0) is 42.4 Å². The number of fused-ring (bicyclic) bond motifs is 1. The summed E-state index contributed by atoms with van der Waals surface area (Å²) < 4.78 is 2.11. The molecule has 2 rings (SSSR count). The lowest BCUT2D eigenvalue weighted by Crippen LogP contribution is -2.37. The highest BCUT2D eigenvalue weighted by Gasteiger charge is 2.20. The molecule has 1 heterocycles. The van der Waals surface area contributed by atoms with Crippen LogP contribution in [0.25, 0.3) is 10.9 Å². The molecule has 0 unspecified atom stereocenters. The molecule has 0 saturated carbocycles. The predicted molar refractivity (Wildman–Crippen MR) is 94.6 cm³/mol. The monoisotopic (exact) mass is 316 g/mol. The number of aryl methyl sites for hydroxylation is 2. The van der Waals surface area contributed by atoms with Crippen LogP contribution in [-0.4, -0.2) is 21.7 Å². The summed E-state index contributed by atoms with van der Waals surface area (Å²) in [7, 11) is 2.04. The van der Waals surface area contributed by atoms with Crippen molar-refractivity contribution in [2.45, 2.75) is 53.1 Å². The Morgan fingerprint density at radius 3 is 2.61 bits per heavy atom. The molecule has 0 aliphatic rings. The number of benzene rings is 1. The number of nitrogens with zero attached hydrogens (tertiary/aromatic N) is 1. The molecular formula is C19H28N2O2. The van der Waals surface area contributed by atoms with Gasteiger partial charge < -0.3 is 15.0 Å². The molecule has 1 aromatic heterocycles. The molecule has 4 heteroatoms. The quantitative estimate of drug-likeness (QED) is 0.851. The van der Waals surface area contributed by atoms with E-state index < -0.39 is 12.0 Å². The van der Waals surface area contributed by atoms with Gasteiger partial charge in [-0.1, -0.05) is 32.9 Å². The molecule has 0 amide bonds. The molecule has 0 radical (unpaired) electrons. The zero-order valence-corrected chi connectivity index (χ0v) is 14.8. The first kappa shape index (κ1) is 17.5. The topological polar surface area (TPSA) is 54.3 Å². The van der Waals surface area contributed by atoms with Crippen LogP contribution >= 0.6 is 0 Å². The lowest BCUT2D eigenvalue weighted by molar-refractivity contribution is -0.139. The van der Waals surface area contributed by atoms with Gasteiger partial charge in [0.15, 0.2) is 0 Å². The average molecular weight is 316 g/mol. The van der Waals surface area contributed by atoms with Crippen molar-refractivity contribution in [1.29, 1.82) is 0 Å². The van der Waals surface area contributed by atoms with E-state index in [1.54, 1.807) is 0 Å². The second-order valence-electron chi connectivity index (χ2n) is 7.60. The van der Waals surface area contributed by atoms with Crippen LogP contribution in [-0.2, 0) is 18.4 Å². The maximum atomic E-state index is 11.5. The predicted octanol–water partition coefficient (Wildman–Crippen LogP) is 3.86. The standard InChI is InChI=1S/C19H28N2O2/c1-13-6-7-14(15-9-11-21(5)17(13)15)12-20-16(18(22)23)8-10-19(2,3)4/h6-7,9,11,16,20H,8,10,12H2,1-5H3,(H,22,23)/t16-/m0/s1. The Morgan fingerprint density at radius 2 is 2.00 bits per heavy atom. The highest BCUT2D eigenvalue weighted by Crippen LogP contribution is 2.24. The van der Waals surface area contributed by atoms with E-state index in [2.05, 4.69) is 62.0 Å². The van der Waals surface area contributed by atoms with E-state index in [4.69, 9.17) is 0 Å². The Labute approximate surface area is 138 Å². The van der Waals surface area contributed by atoms with Gasteiger partial charge in [0.2, 0.25) is 0 Å². The highest BCUT2D eigenvalue weighted by molar-refractivity contribution is 5.86. The van der Waals surface area contributed by atoms with Crippen LogP contribution < -0.4 is 5.32 Å². The van der Waals surface area contributed by atoms with Gasteiger partial charge >= 0.3 is 5.97 Å². The van der Waals surface area contributed by atoms with Crippen LogP contribution in [0.2, 0.25) is 0 Å². The van der Waals surface area contributed by atoms with Gasteiger partial charge in [-0.25, -0.2) is 0 Å².